The van der Waals surface area contributed by atoms with E-state index >= 15 is 0 Å². The summed E-state index contributed by atoms with van der Waals surface area (Å²) in [4.78, 5) is 0. The summed E-state index contributed by atoms with van der Waals surface area (Å²) >= 11 is 0. The lowest BCUT2D eigenvalue weighted by Gasteiger charge is -2.19. The Morgan fingerprint density at radius 1 is 1.25 bits per heavy atom. The van der Waals surface area contributed by atoms with E-state index in [1.165, 1.54) is 11.1 Å². The van der Waals surface area contributed by atoms with Crippen molar-refractivity contribution in [3.63, 3.8) is 0 Å². The van der Waals surface area contributed by atoms with Crippen LogP contribution < -0.4 is 0 Å². The molecule has 2 aliphatic carbocycles. The smallest absolute Gasteiger partial charge is 0.0724 e. The molecule has 1 heteroatoms. The molecule has 1 nitrogen and oxygen atoms in total. The van der Waals surface area contributed by atoms with Crippen LogP contribution in [0, 0.1) is 5.92 Å². The highest BCUT2D eigenvalue weighted by atomic mass is 16.3. The Balaban J connectivity index is 2.06. The molecule has 1 fully saturated rings. The van der Waals surface area contributed by atoms with E-state index in [9.17, 15) is 5.11 Å². The molecule has 0 bridgehead atoms. The SMILES string of the molecule is OC12Cc3ccccc3CC1C2. The van der Waals surface area contributed by atoms with Crippen molar-refractivity contribution in [2.75, 3.05) is 0 Å². The summed E-state index contributed by atoms with van der Waals surface area (Å²) in [7, 11) is 0. The lowest BCUT2D eigenvalue weighted by molar-refractivity contribution is 0.126. The van der Waals surface area contributed by atoms with Crippen molar-refractivity contribution in [1.29, 1.82) is 0 Å². The fourth-order valence-electron chi connectivity index (χ4n) is 2.37. The zero-order valence-electron chi connectivity index (χ0n) is 6.96. The summed E-state index contributed by atoms with van der Waals surface area (Å²) in [5, 5.41) is 9.90. The van der Waals surface area contributed by atoms with Crippen LogP contribution in [0.5, 0.6) is 0 Å². The molecule has 0 aromatic heterocycles. The second kappa shape index (κ2) is 1.91. The Hall–Kier alpha value is -0.820. The van der Waals surface area contributed by atoms with Gasteiger partial charge in [0.2, 0.25) is 0 Å². The lowest BCUT2D eigenvalue weighted by atomic mass is 9.90. The normalized spacial score (nSPS) is 36.9. The quantitative estimate of drug-likeness (QED) is 0.610. The van der Waals surface area contributed by atoms with Crippen LogP contribution >= 0.6 is 0 Å². The van der Waals surface area contributed by atoms with E-state index < -0.39 is 0 Å². The molecular weight excluding hydrogens is 148 g/mol. The minimum absolute atomic E-state index is 0.311. The maximum absolute atomic E-state index is 9.90. The number of hydrogen-bond donors (Lipinski definition) is 1. The van der Waals surface area contributed by atoms with Gasteiger partial charge in [0, 0.05) is 6.42 Å². The van der Waals surface area contributed by atoms with Crippen molar-refractivity contribution < 1.29 is 5.11 Å². The molecule has 2 unspecified atom stereocenters. The summed E-state index contributed by atoms with van der Waals surface area (Å²) in [6.45, 7) is 0. The van der Waals surface area contributed by atoms with Crippen molar-refractivity contribution in [2.24, 2.45) is 5.92 Å². The van der Waals surface area contributed by atoms with Crippen molar-refractivity contribution in [1.82, 2.24) is 0 Å². The van der Waals surface area contributed by atoms with Gasteiger partial charge in [0.05, 0.1) is 5.60 Å². The van der Waals surface area contributed by atoms with Crippen LogP contribution in [0.15, 0.2) is 24.3 Å². The molecule has 1 aromatic carbocycles. The lowest BCUT2D eigenvalue weighted by Crippen LogP contribution is -2.21. The molecule has 1 saturated carbocycles. The van der Waals surface area contributed by atoms with Gasteiger partial charge < -0.3 is 5.11 Å². The van der Waals surface area contributed by atoms with E-state index in [-0.39, 0.29) is 5.60 Å². The highest BCUT2D eigenvalue weighted by molar-refractivity contribution is 5.36. The van der Waals surface area contributed by atoms with Gasteiger partial charge in [-0.25, -0.2) is 0 Å². The summed E-state index contributed by atoms with van der Waals surface area (Å²) in [5.74, 6) is 0.562. The second-order valence-corrected chi connectivity index (χ2v) is 4.15. The highest BCUT2D eigenvalue weighted by Gasteiger charge is 2.54. The Kier molecular flexibility index (Phi) is 1.06. The average Bonchev–Trinajstić information content (AvgIpc) is 2.70. The molecule has 1 aromatic rings. The molecule has 2 atom stereocenters. The predicted octanol–water partition coefficient (Wildman–Crippen LogP) is 1.54. The molecule has 0 saturated heterocycles. The maximum atomic E-state index is 9.90. The molecule has 3 rings (SSSR count). The van der Waals surface area contributed by atoms with E-state index in [4.69, 9.17) is 0 Å². The van der Waals surface area contributed by atoms with Crippen LogP contribution in [-0.4, -0.2) is 10.7 Å². The zero-order valence-corrected chi connectivity index (χ0v) is 6.96. The summed E-state index contributed by atoms with van der Waals surface area (Å²) in [5.41, 5.74) is 2.49. The van der Waals surface area contributed by atoms with Gasteiger partial charge in [-0.2, -0.15) is 0 Å². The number of fused-ring (bicyclic) bond motifs is 2. The third-order valence-corrected chi connectivity index (χ3v) is 3.28. The van der Waals surface area contributed by atoms with Gasteiger partial charge in [0.15, 0.2) is 0 Å². The molecule has 12 heavy (non-hydrogen) atoms. The molecule has 1 N–H and O–H groups in total. The predicted molar refractivity (Wildman–Crippen MR) is 46.9 cm³/mol. The summed E-state index contributed by atoms with van der Waals surface area (Å²) < 4.78 is 0. The molecule has 0 amide bonds. The van der Waals surface area contributed by atoms with Crippen LogP contribution in [0.2, 0.25) is 0 Å². The first-order valence-electron chi connectivity index (χ1n) is 4.57. The largest absolute Gasteiger partial charge is 0.389 e. The van der Waals surface area contributed by atoms with Crippen molar-refractivity contribution in [3.8, 4) is 0 Å². The van der Waals surface area contributed by atoms with Crippen molar-refractivity contribution in [2.45, 2.75) is 24.9 Å². The monoisotopic (exact) mass is 160 g/mol. The molecule has 62 valence electrons. The minimum atomic E-state index is -0.311. The van der Waals surface area contributed by atoms with E-state index in [0.29, 0.717) is 5.92 Å². The topological polar surface area (TPSA) is 20.2 Å². The first-order chi connectivity index (χ1) is 5.78. The van der Waals surface area contributed by atoms with E-state index in [1.54, 1.807) is 0 Å². The van der Waals surface area contributed by atoms with Crippen LogP contribution in [0.1, 0.15) is 17.5 Å². The fraction of sp³-hybridized carbons (Fsp3) is 0.455. The molecule has 0 heterocycles. The Morgan fingerprint density at radius 3 is 2.83 bits per heavy atom. The first-order valence-corrected chi connectivity index (χ1v) is 4.57. The van der Waals surface area contributed by atoms with Gasteiger partial charge in [0.1, 0.15) is 0 Å². The van der Waals surface area contributed by atoms with Gasteiger partial charge >= 0.3 is 0 Å². The van der Waals surface area contributed by atoms with E-state index in [0.717, 1.165) is 19.3 Å². The van der Waals surface area contributed by atoms with Crippen molar-refractivity contribution in [3.05, 3.63) is 35.4 Å². The Labute approximate surface area is 72.0 Å². The molecule has 0 radical (unpaired) electrons. The third-order valence-electron chi connectivity index (χ3n) is 3.28. The van der Waals surface area contributed by atoms with Gasteiger partial charge in [-0.05, 0) is 29.9 Å². The molecular formula is C11H12O. The third kappa shape index (κ3) is 0.774. The van der Waals surface area contributed by atoms with Crippen LogP contribution in [0.25, 0.3) is 0 Å². The first kappa shape index (κ1) is 6.67. The van der Waals surface area contributed by atoms with Crippen LogP contribution in [0.4, 0.5) is 0 Å². The van der Waals surface area contributed by atoms with Gasteiger partial charge in [-0.15, -0.1) is 0 Å². The van der Waals surface area contributed by atoms with Gasteiger partial charge in [-0.1, -0.05) is 24.3 Å². The van der Waals surface area contributed by atoms with Gasteiger partial charge in [-0.3, -0.25) is 0 Å². The summed E-state index contributed by atoms with van der Waals surface area (Å²) in [6.07, 6.45) is 2.99. The van der Waals surface area contributed by atoms with E-state index in [2.05, 4.69) is 24.3 Å². The van der Waals surface area contributed by atoms with Crippen LogP contribution in [-0.2, 0) is 12.8 Å². The number of aliphatic hydroxyl groups is 1. The van der Waals surface area contributed by atoms with Crippen LogP contribution in [0.3, 0.4) is 0 Å². The van der Waals surface area contributed by atoms with E-state index in [1.807, 2.05) is 0 Å². The Morgan fingerprint density at radius 2 is 2.00 bits per heavy atom. The number of hydrogen-bond acceptors (Lipinski definition) is 1. The molecule has 0 spiro atoms. The maximum Gasteiger partial charge on any atom is 0.0724 e. The fourth-order valence-corrected chi connectivity index (χ4v) is 2.37. The zero-order chi connectivity index (χ0) is 8.18. The summed E-state index contributed by atoms with van der Waals surface area (Å²) in [6, 6.07) is 8.48. The number of rotatable bonds is 0. The highest BCUT2D eigenvalue weighted by Crippen LogP contribution is 2.51. The Bertz CT molecular complexity index is 332. The molecule has 2 aliphatic rings. The number of benzene rings is 1. The standard InChI is InChI=1S/C11H12O/c12-11-6-9-4-2-1-3-8(9)5-10(11)7-11/h1-4,10,12H,5-7H2. The van der Waals surface area contributed by atoms with Gasteiger partial charge in [0.25, 0.3) is 0 Å². The molecule has 0 aliphatic heterocycles. The minimum Gasteiger partial charge on any atom is -0.389 e. The average molecular weight is 160 g/mol. The van der Waals surface area contributed by atoms with Crippen molar-refractivity contribution >= 4 is 0 Å². The second-order valence-electron chi connectivity index (χ2n) is 4.15.